The molecule has 0 amide bonds. The van der Waals surface area contributed by atoms with Crippen molar-refractivity contribution in [1.82, 2.24) is 0 Å². The molecule has 0 fully saturated rings. The summed E-state index contributed by atoms with van der Waals surface area (Å²) in [5.74, 6) is 0.889. The van der Waals surface area contributed by atoms with Gasteiger partial charge in [0.2, 0.25) is 0 Å². The lowest BCUT2D eigenvalue weighted by molar-refractivity contribution is -0.161. The number of hydrogen-bond acceptors (Lipinski definition) is 15. The zero-order valence-electron chi connectivity index (χ0n) is 61.6. The van der Waals surface area contributed by atoms with Crippen molar-refractivity contribution in [1.29, 1.82) is 0 Å². The molecular weight excluding hydrogens is 1230 g/mol. The van der Waals surface area contributed by atoms with Crippen LogP contribution < -0.4 is 0 Å². The standard InChI is InChI=1S/C75H146O17P2/c1-9-68(8)54-46-38-30-23-25-33-42-50-58-75(80)92-71(62-86-73(78)56-48-40-34-26-29-37-45-53-67(6)7)64-90-94(83,84)88-60-69(76)59-87-93(81,82)89-63-70(91-74(79)57-49-41-32-24-22-28-36-44-52-66(4)5)61-85-72(77)55-47-39-31-21-19-17-15-13-11-10-12-14-16-18-20-27-35-43-51-65(2)3/h65-71,76H,9-64H2,1-8H3,(H,81,82)(H,83,84)/t68?,69?,70-,71-/m1/s1. The van der Waals surface area contributed by atoms with Gasteiger partial charge in [0.15, 0.2) is 12.2 Å². The van der Waals surface area contributed by atoms with E-state index < -0.39 is 97.5 Å². The molecule has 0 saturated carbocycles. The molecule has 0 bridgehead atoms. The van der Waals surface area contributed by atoms with Crippen molar-refractivity contribution >= 4 is 39.5 Å². The van der Waals surface area contributed by atoms with Gasteiger partial charge in [0.25, 0.3) is 0 Å². The average molecular weight is 1380 g/mol. The highest BCUT2D eigenvalue weighted by Crippen LogP contribution is 2.45. The van der Waals surface area contributed by atoms with Gasteiger partial charge in [-0.2, -0.15) is 0 Å². The van der Waals surface area contributed by atoms with Crippen molar-refractivity contribution in [3.8, 4) is 0 Å². The number of hydrogen-bond donors (Lipinski definition) is 3. The van der Waals surface area contributed by atoms with Crippen LogP contribution in [0.2, 0.25) is 0 Å². The Kier molecular flexibility index (Phi) is 63.1. The molecule has 6 atom stereocenters. The smallest absolute Gasteiger partial charge is 0.462 e. The number of aliphatic hydroxyl groups excluding tert-OH is 1. The van der Waals surface area contributed by atoms with Crippen molar-refractivity contribution in [3.63, 3.8) is 0 Å². The molecule has 0 aliphatic heterocycles. The van der Waals surface area contributed by atoms with Gasteiger partial charge < -0.3 is 33.8 Å². The van der Waals surface area contributed by atoms with E-state index in [-0.39, 0.29) is 25.7 Å². The molecule has 0 aliphatic rings. The van der Waals surface area contributed by atoms with Gasteiger partial charge in [-0.15, -0.1) is 0 Å². The quantitative estimate of drug-likeness (QED) is 0.0222. The Hall–Kier alpha value is -1.94. The molecule has 0 spiro atoms. The van der Waals surface area contributed by atoms with Crippen LogP contribution in [0.4, 0.5) is 0 Å². The molecule has 0 aromatic rings. The molecule has 3 N–H and O–H groups in total. The van der Waals surface area contributed by atoms with Gasteiger partial charge in [-0.25, -0.2) is 9.13 Å². The Morgan fingerprint density at radius 2 is 0.511 bits per heavy atom. The van der Waals surface area contributed by atoms with Crippen LogP contribution in [0.5, 0.6) is 0 Å². The minimum absolute atomic E-state index is 0.104. The first kappa shape index (κ1) is 92.1. The molecule has 0 heterocycles. The lowest BCUT2D eigenvalue weighted by Crippen LogP contribution is -2.30. The number of carbonyl (C=O) groups excluding carboxylic acids is 4. The Morgan fingerprint density at radius 1 is 0.298 bits per heavy atom. The summed E-state index contributed by atoms with van der Waals surface area (Å²) >= 11 is 0. The number of phosphoric ester groups is 2. The summed E-state index contributed by atoms with van der Waals surface area (Å²) in [6.07, 6.45) is 48.8. The SMILES string of the molecule is CCC(C)CCCCCCCCCCC(=O)O[C@H](COC(=O)CCCCCCCCCC(C)C)COP(=O)(O)OCC(O)COP(=O)(O)OC[C@@H](COC(=O)CCCCCCCCCCCCCCCCCCCCC(C)C)OC(=O)CCCCCCCCCCC(C)C. The van der Waals surface area contributed by atoms with Crippen LogP contribution in [0.1, 0.15) is 376 Å². The number of esters is 4. The lowest BCUT2D eigenvalue weighted by atomic mass is 9.99. The Bertz CT molecular complexity index is 1850. The normalized spacial score (nSPS) is 14.4. The van der Waals surface area contributed by atoms with Gasteiger partial charge in [-0.05, 0) is 49.4 Å². The molecule has 0 radical (unpaired) electrons. The number of carbonyl (C=O) groups is 4. The van der Waals surface area contributed by atoms with E-state index in [1.54, 1.807) is 0 Å². The molecule has 17 nitrogen and oxygen atoms in total. The van der Waals surface area contributed by atoms with Crippen LogP contribution in [0.15, 0.2) is 0 Å². The fourth-order valence-electron chi connectivity index (χ4n) is 11.3. The van der Waals surface area contributed by atoms with E-state index in [4.69, 9.17) is 37.0 Å². The zero-order valence-corrected chi connectivity index (χ0v) is 63.4. The van der Waals surface area contributed by atoms with E-state index in [0.29, 0.717) is 31.6 Å². The number of rotatable bonds is 72. The minimum Gasteiger partial charge on any atom is -0.462 e. The van der Waals surface area contributed by atoms with Gasteiger partial charge >= 0.3 is 39.5 Å². The van der Waals surface area contributed by atoms with Crippen molar-refractivity contribution in [2.24, 2.45) is 23.7 Å². The first-order valence-electron chi connectivity index (χ1n) is 38.7. The van der Waals surface area contributed by atoms with Crippen LogP contribution in [0, 0.1) is 23.7 Å². The molecule has 94 heavy (non-hydrogen) atoms. The fraction of sp³-hybridized carbons (Fsp3) is 0.947. The van der Waals surface area contributed by atoms with Gasteiger partial charge in [-0.1, -0.05) is 325 Å². The molecule has 558 valence electrons. The van der Waals surface area contributed by atoms with Crippen LogP contribution in [-0.2, 0) is 65.4 Å². The molecule has 0 saturated heterocycles. The van der Waals surface area contributed by atoms with E-state index >= 15 is 0 Å². The van der Waals surface area contributed by atoms with Crippen LogP contribution in [0.25, 0.3) is 0 Å². The maximum Gasteiger partial charge on any atom is 0.472 e. The molecule has 0 aromatic carbocycles. The summed E-state index contributed by atoms with van der Waals surface area (Å²) in [7, 11) is -9.91. The summed E-state index contributed by atoms with van der Waals surface area (Å²) in [6.45, 7) is 14.1. The van der Waals surface area contributed by atoms with E-state index in [0.717, 1.165) is 114 Å². The largest absolute Gasteiger partial charge is 0.472 e. The van der Waals surface area contributed by atoms with Crippen molar-refractivity contribution in [2.45, 2.75) is 395 Å². The van der Waals surface area contributed by atoms with Crippen molar-refractivity contribution in [3.05, 3.63) is 0 Å². The lowest BCUT2D eigenvalue weighted by Gasteiger charge is -2.21. The van der Waals surface area contributed by atoms with Gasteiger partial charge in [0.1, 0.15) is 19.3 Å². The number of aliphatic hydroxyl groups is 1. The topological polar surface area (TPSA) is 237 Å². The van der Waals surface area contributed by atoms with E-state index in [1.807, 2.05) is 0 Å². The van der Waals surface area contributed by atoms with Gasteiger partial charge in [0, 0.05) is 25.7 Å². The van der Waals surface area contributed by atoms with Crippen LogP contribution in [0.3, 0.4) is 0 Å². The summed E-state index contributed by atoms with van der Waals surface area (Å²) in [5.41, 5.74) is 0. The van der Waals surface area contributed by atoms with Gasteiger partial charge in [-0.3, -0.25) is 37.3 Å². The summed E-state index contributed by atoms with van der Waals surface area (Å²) in [4.78, 5) is 72.7. The second-order valence-corrected chi connectivity index (χ2v) is 31.6. The third-order valence-corrected chi connectivity index (χ3v) is 19.6. The number of phosphoric acid groups is 2. The van der Waals surface area contributed by atoms with Gasteiger partial charge in [0.05, 0.1) is 26.4 Å². The summed E-state index contributed by atoms with van der Waals surface area (Å²) in [5, 5.41) is 10.6. The molecule has 0 rings (SSSR count). The maximum absolute atomic E-state index is 13.1. The molecule has 0 aromatic heterocycles. The number of unbranched alkanes of at least 4 members (excludes halogenated alkanes) is 37. The third-order valence-electron chi connectivity index (χ3n) is 17.7. The third kappa shape index (κ3) is 67.3. The summed E-state index contributed by atoms with van der Waals surface area (Å²) in [6, 6.07) is 0. The highest BCUT2D eigenvalue weighted by molar-refractivity contribution is 7.47. The van der Waals surface area contributed by atoms with Crippen molar-refractivity contribution in [2.75, 3.05) is 39.6 Å². The second kappa shape index (κ2) is 64.4. The van der Waals surface area contributed by atoms with E-state index in [2.05, 4.69) is 55.4 Å². The first-order chi connectivity index (χ1) is 45.1. The highest BCUT2D eigenvalue weighted by atomic mass is 31.2. The zero-order chi connectivity index (χ0) is 69.6. The molecule has 4 unspecified atom stereocenters. The predicted octanol–water partition coefficient (Wildman–Crippen LogP) is 21.7. The molecule has 0 aliphatic carbocycles. The second-order valence-electron chi connectivity index (χ2n) is 28.7. The minimum atomic E-state index is -4.96. The van der Waals surface area contributed by atoms with Crippen LogP contribution in [-0.4, -0.2) is 96.7 Å². The predicted molar refractivity (Wildman–Crippen MR) is 381 cm³/mol. The Balaban J connectivity index is 5.16. The maximum atomic E-state index is 13.1. The Labute approximate surface area is 575 Å². The van der Waals surface area contributed by atoms with Crippen molar-refractivity contribution < 1.29 is 80.2 Å². The molecule has 19 heteroatoms. The average Bonchev–Trinajstić information content (AvgIpc) is 1.20. The van der Waals surface area contributed by atoms with E-state index in [9.17, 15) is 43.2 Å². The Morgan fingerprint density at radius 3 is 0.755 bits per heavy atom. The van der Waals surface area contributed by atoms with E-state index in [1.165, 1.54) is 173 Å². The monoisotopic (exact) mass is 1380 g/mol. The fourth-order valence-corrected chi connectivity index (χ4v) is 12.9. The molecular formula is C75H146O17P2. The summed E-state index contributed by atoms with van der Waals surface area (Å²) < 4.78 is 68.4. The first-order valence-corrected chi connectivity index (χ1v) is 41.7. The number of ether oxygens (including phenoxy) is 4. The highest BCUT2D eigenvalue weighted by Gasteiger charge is 2.30. The van der Waals surface area contributed by atoms with Crippen LogP contribution >= 0.6 is 15.6 Å².